The minimum atomic E-state index is -1.17. The van der Waals surface area contributed by atoms with E-state index >= 15 is 0 Å². The number of hydrogen-bond donors (Lipinski definition) is 3. The highest BCUT2D eigenvalue weighted by molar-refractivity contribution is 5.81. The average molecular weight is 284 g/mol. The molecule has 4 N–H and O–H groups in total. The van der Waals surface area contributed by atoms with Crippen molar-refractivity contribution in [2.24, 2.45) is 5.73 Å². The second-order valence-corrected chi connectivity index (χ2v) is 4.91. The zero-order valence-electron chi connectivity index (χ0n) is 11.2. The highest BCUT2D eigenvalue weighted by Gasteiger charge is 2.30. The molecule has 7 heteroatoms. The van der Waals surface area contributed by atoms with Gasteiger partial charge < -0.3 is 20.3 Å². The van der Waals surface area contributed by atoms with Gasteiger partial charge in [0.25, 0.3) is 0 Å². The lowest BCUT2D eigenvalue weighted by Crippen LogP contribution is -2.46. The molecular formula is C13H20N2O5. The predicted octanol–water partition coefficient (Wildman–Crippen LogP) is -0.410. The monoisotopic (exact) mass is 284 g/mol. The van der Waals surface area contributed by atoms with Crippen LogP contribution in [0, 0.1) is 0 Å². The molecule has 3 atom stereocenters. The third-order valence-corrected chi connectivity index (χ3v) is 2.98. The molecule has 0 aromatic rings. The summed E-state index contributed by atoms with van der Waals surface area (Å²) in [5.74, 6) is -0.979. The maximum Gasteiger partial charge on any atom is 0.328 e. The molecule has 0 saturated carbocycles. The molecule has 0 aromatic carbocycles. The maximum absolute atomic E-state index is 10.5. The van der Waals surface area contributed by atoms with Crippen LogP contribution >= 0.6 is 0 Å². The Balaban J connectivity index is 0.000000147. The molecule has 0 spiro atoms. The van der Waals surface area contributed by atoms with E-state index in [4.69, 9.17) is 25.2 Å². The first kappa shape index (κ1) is 15.1. The van der Waals surface area contributed by atoms with Crippen LogP contribution in [0.1, 0.15) is 6.42 Å². The summed E-state index contributed by atoms with van der Waals surface area (Å²) in [6, 6.07) is 0. The molecule has 0 aromatic heterocycles. The predicted molar refractivity (Wildman–Crippen MR) is 70.9 cm³/mol. The van der Waals surface area contributed by atoms with Crippen LogP contribution in [-0.4, -0.2) is 55.2 Å². The van der Waals surface area contributed by atoms with Crippen molar-refractivity contribution >= 4 is 5.97 Å². The molecular weight excluding hydrogens is 264 g/mol. The van der Waals surface area contributed by atoms with Gasteiger partial charge in [-0.05, 0) is 6.42 Å². The van der Waals surface area contributed by atoms with E-state index in [9.17, 15) is 4.79 Å². The summed E-state index contributed by atoms with van der Waals surface area (Å²) in [5, 5.41) is 8.59. The van der Waals surface area contributed by atoms with Crippen LogP contribution in [0.25, 0.3) is 0 Å². The van der Waals surface area contributed by atoms with E-state index in [0.29, 0.717) is 25.2 Å². The summed E-state index contributed by atoms with van der Waals surface area (Å²) in [5.41, 5.74) is 7.11. The quantitative estimate of drug-likeness (QED) is 0.345. The van der Waals surface area contributed by atoms with E-state index in [1.807, 2.05) is 0 Å². The van der Waals surface area contributed by atoms with Gasteiger partial charge in [-0.25, -0.2) is 4.79 Å². The fourth-order valence-corrected chi connectivity index (χ4v) is 1.45. The fraction of sp³-hybridized carbons (Fsp3) is 0.615. The van der Waals surface area contributed by atoms with Gasteiger partial charge in [0.1, 0.15) is 11.6 Å². The van der Waals surface area contributed by atoms with Gasteiger partial charge in [0.15, 0.2) is 0 Å². The number of allylic oxidation sites excluding steroid dienone is 2. The van der Waals surface area contributed by atoms with E-state index in [-0.39, 0.29) is 0 Å². The number of hydrogen-bond acceptors (Lipinski definition) is 6. The SMILES string of the molecule is C(NOCC1CO1)C1CO1.NC1(C(=O)O)C=CC=CC1. The molecule has 0 bridgehead atoms. The van der Waals surface area contributed by atoms with Crippen LogP contribution in [0.5, 0.6) is 0 Å². The smallest absolute Gasteiger partial charge is 0.328 e. The normalized spacial score (nSPS) is 33.2. The summed E-state index contributed by atoms with van der Waals surface area (Å²) in [7, 11) is 0. The fourth-order valence-electron chi connectivity index (χ4n) is 1.45. The highest BCUT2D eigenvalue weighted by atomic mass is 16.7. The second-order valence-electron chi connectivity index (χ2n) is 4.91. The van der Waals surface area contributed by atoms with E-state index in [1.54, 1.807) is 18.2 Å². The molecule has 2 heterocycles. The summed E-state index contributed by atoms with van der Waals surface area (Å²) >= 11 is 0. The minimum absolute atomic E-state index is 0.340. The molecule has 20 heavy (non-hydrogen) atoms. The second kappa shape index (κ2) is 6.96. The van der Waals surface area contributed by atoms with Crippen LogP contribution in [0.2, 0.25) is 0 Å². The number of ether oxygens (including phenoxy) is 2. The van der Waals surface area contributed by atoms with Gasteiger partial charge in [-0.15, -0.1) is 0 Å². The number of hydroxylamine groups is 1. The van der Waals surface area contributed by atoms with Crippen molar-refractivity contribution in [1.82, 2.24) is 5.48 Å². The van der Waals surface area contributed by atoms with E-state index in [0.717, 1.165) is 19.8 Å². The molecule has 2 saturated heterocycles. The van der Waals surface area contributed by atoms with Gasteiger partial charge >= 0.3 is 5.97 Å². The molecule has 2 aliphatic heterocycles. The van der Waals surface area contributed by atoms with Crippen LogP contribution in [0.4, 0.5) is 0 Å². The van der Waals surface area contributed by atoms with E-state index in [2.05, 4.69) is 5.48 Å². The molecule has 0 amide bonds. The lowest BCUT2D eigenvalue weighted by Gasteiger charge is -2.20. The van der Waals surface area contributed by atoms with Crippen molar-refractivity contribution in [2.45, 2.75) is 24.2 Å². The number of carboxylic acids is 1. The van der Waals surface area contributed by atoms with Gasteiger partial charge in [0.05, 0.1) is 25.9 Å². The van der Waals surface area contributed by atoms with Crippen LogP contribution in [-0.2, 0) is 19.1 Å². The van der Waals surface area contributed by atoms with Gasteiger partial charge in [-0.2, -0.15) is 5.48 Å². The minimum Gasteiger partial charge on any atom is -0.480 e. The van der Waals surface area contributed by atoms with Crippen LogP contribution in [0.15, 0.2) is 24.3 Å². The van der Waals surface area contributed by atoms with Gasteiger partial charge in [0.2, 0.25) is 0 Å². The maximum atomic E-state index is 10.5. The third kappa shape index (κ3) is 5.40. The first-order valence-electron chi connectivity index (χ1n) is 6.54. The first-order valence-corrected chi connectivity index (χ1v) is 6.54. The molecule has 1 aliphatic carbocycles. The molecule has 112 valence electrons. The van der Waals surface area contributed by atoms with Crippen molar-refractivity contribution in [1.29, 1.82) is 0 Å². The number of rotatable bonds is 6. The van der Waals surface area contributed by atoms with Crippen molar-refractivity contribution in [2.75, 3.05) is 26.4 Å². The highest BCUT2D eigenvalue weighted by Crippen LogP contribution is 2.13. The number of nitrogens with two attached hydrogens (primary N) is 1. The number of aliphatic carboxylic acids is 1. The Bertz CT molecular complexity index is 376. The van der Waals surface area contributed by atoms with E-state index in [1.165, 1.54) is 6.08 Å². The molecule has 3 rings (SSSR count). The van der Waals surface area contributed by atoms with Crippen molar-refractivity contribution in [3.8, 4) is 0 Å². The summed E-state index contributed by atoms with van der Waals surface area (Å²) in [6.07, 6.45) is 7.78. The zero-order valence-corrected chi connectivity index (χ0v) is 11.2. The molecule has 2 fully saturated rings. The average Bonchev–Trinajstić information content (AvgIpc) is 3.31. The Labute approximate surface area is 117 Å². The Kier molecular flexibility index (Phi) is 5.27. The molecule has 3 unspecified atom stereocenters. The van der Waals surface area contributed by atoms with Gasteiger partial charge in [-0.3, -0.25) is 4.84 Å². The summed E-state index contributed by atoms with van der Waals surface area (Å²) in [6.45, 7) is 3.18. The van der Waals surface area contributed by atoms with Crippen molar-refractivity contribution in [3.63, 3.8) is 0 Å². The Morgan fingerprint density at radius 2 is 2.10 bits per heavy atom. The third-order valence-electron chi connectivity index (χ3n) is 2.98. The van der Waals surface area contributed by atoms with E-state index < -0.39 is 11.5 Å². The van der Waals surface area contributed by atoms with Gasteiger partial charge in [0, 0.05) is 6.54 Å². The molecule has 7 nitrogen and oxygen atoms in total. The number of carbonyl (C=O) groups is 1. The topological polar surface area (TPSA) is 110 Å². The lowest BCUT2D eigenvalue weighted by atomic mass is 9.93. The number of epoxide rings is 2. The summed E-state index contributed by atoms with van der Waals surface area (Å²) in [4.78, 5) is 15.5. The Morgan fingerprint density at radius 1 is 1.40 bits per heavy atom. The summed E-state index contributed by atoms with van der Waals surface area (Å²) < 4.78 is 9.89. The van der Waals surface area contributed by atoms with Crippen LogP contribution in [0.3, 0.4) is 0 Å². The Morgan fingerprint density at radius 3 is 2.55 bits per heavy atom. The molecule has 0 radical (unpaired) electrons. The van der Waals surface area contributed by atoms with Crippen LogP contribution < -0.4 is 11.2 Å². The Hall–Kier alpha value is -1.25. The van der Waals surface area contributed by atoms with Crippen molar-refractivity contribution < 1.29 is 24.2 Å². The largest absolute Gasteiger partial charge is 0.480 e. The standard InChI is InChI=1S/C7H9NO2.C6H11NO3/c8-7(6(9)10)4-2-1-3-5-7;1(5-2-8-5)7-10-4-6-3-9-6/h1-4H,5,8H2,(H,9,10);5-7H,1-4H2. The zero-order chi connectivity index (χ0) is 14.4. The number of nitrogens with one attached hydrogen (secondary N) is 1. The van der Waals surface area contributed by atoms with Gasteiger partial charge in [-0.1, -0.05) is 24.3 Å². The molecule has 3 aliphatic rings. The lowest BCUT2D eigenvalue weighted by molar-refractivity contribution is -0.141. The number of carboxylic acid groups (broad SMARTS) is 1. The van der Waals surface area contributed by atoms with Crippen molar-refractivity contribution in [3.05, 3.63) is 24.3 Å². The first-order chi connectivity index (χ1) is 9.60.